The van der Waals surface area contributed by atoms with Crippen LogP contribution in [0.5, 0.6) is 0 Å². The molecule has 1 saturated carbocycles. The molecule has 1 unspecified atom stereocenters. The van der Waals surface area contributed by atoms with Crippen LogP contribution in [0.25, 0.3) is 0 Å². The van der Waals surface area contributed by atoms with Crippen LogP contribution in [0.3, 0.4) is 0 Å². The van der Waals surface area contributed by atoms with Crippen LogP contribution in [0, 0.1) is 5.92 Å². The summed E-state index contributed by atoms with van der Waals surface area (Å²) in [6, 6.07) is 10.7. The van der Waals surface area contributed by atoms with Gasteiger partial charge in [-0.3, -0.25) is 4.79 Å². The molecule has 0 bridgehead atoms. The largest absolute Gasteiger partial charge is 0.369 e. The van der Waals surface area contributed by atoms with Gasteiger partial charge in [0.25, 0.3) is 0 Å². The Morgan fingerprint density at radius 3 is 2.50 bits per heavy atom. The van der Waals surface area contributed by atoms with Gasteiger partial charge >= 0.3 is 0 Å². The lowest BCUT2D eigenvalue weighted by atomic mass is 9.81. The molecular formula is C15H22N2O. The molecule has 0 saturated heterocycles. The molecule has 98 valence electrons. The Kier molecular flexibility index (Phi) is 4.76. The standard InChI is InChI=1S/C15H22N2O/c16-14(18)11-17-15(12-7-3-1-4-8-12)13-9-5-2-6-10-13/h1,3-4,7-8,13,15,17H,2,5-6,9-11H2,(H2,16,18). The molecule has 0 aliphatic heterocycles. The molecule has 1 aliphatic rings. The number of hydrogen-bond acceptors (Lipinski definition) is 2. The monoisotopic (exact) mass is 246 g/mol. The van der Waals surface area contributed by atoms with Crippen molar-refractivity contribution in [2.75, 3.05) is 6.54 Å². The summed E-state index contributed by atoms with van der Waals surface area (Å²) >= 11 is 0. The van der Waals surface area contributed by atoms with Crippen molar-refractivity contribution in [2.45, 2.75) is 38.1 Å². The number of nitrogens with two attached hydrogens (primary N) is 1. The zero-order valence-electron chi connectivity index (χ0n) is 10.8. The van der Waals surface area contributed by atoms with E-state index >= 15 is 0 Å². The average Bonchev–Trinajstić information content (AvgIpc) is 2.41. The Morgan fingerprint density at radius 2 is 1.89 bits per heavy atom. The van der Waals surface area contributed by atoms with Gasteiger partial charge in [0.1, 0.15) is 0 Å². The minimum Gasteiger partial charge on any atom is -0.369 e. The third kappa shape index (κ3) is 3.57. The lowest BCUT2D eigenvalue weighted by molar-refractivity contribution is -0.117. The zero-order valence-corrected chi connectivity index (χ0v) is 10.8. The van der Waals surface area contributed by atoms with Gasteiger partial charge in [-0.25, -0.2) is 0 Å². The first-order valence-corrected chi connectivity index (χ1v) is 6.84. The van der Waals surface area contributed by atoms with Crippen molar-refractivity contribution in [2.24, 2.45) is 11.7 Å². The lowest BCUT2D eigenvalue weighted by Gasteiger charge is -2.31. The van der Waals surface area contributed by atoms with E-state index in [9.17, 15) is 4.79 Å². The summed E-state index contributed by atoms with van der Waals surface area (Å²) in [6.45, 7) is 0.260. The summed E-state index contributed by atoms with van der Waals surface area (Å²) in [5.41, 5.74) is 6.52. The first kappa shape index (κ1) is 13.1. The van der Waals surface area contributed by atoms with Gasteiger partial charge in [0.15, 0.2) is 0 Å². The summed E-state index contributed by atoms with van der Waals surface area (Å²) in [4.78, 5) is 11.0. The second-order valence-electron chi connectivity index (χ2n) is 5.13. The van der Waals surface area contributed by atoms with Gasteiger partial charge in [-0.15, -0.1) is 0 Å². The van der Waals surface area contributed by atoms with Crippen LogP contribution in [-0.4, -0.2) is 12.5 Å². The molecular weight excluding hydrogens is 224 g/mol. The topological polar surface area (TPSA) is 55.1 Å². The predicted octanol–water partition coefficient (Wildman–Crippen LogP) is 2.38. The van der Waals surface area contributed by atoms with Gasteiger partial charge in [-0.1, -0.05) is 49.6 Å². The summed E-state index contributed by atoms with van der Waals surface area (Å²) < 4.78 is 0. The van der Waals surface area contributed by atoms with Crippen LogP contribution in [-0.2, 0) is 4.79 Å². The highest BCUT2D eigenvalue weighted by Crippen LogP contribution is 2.34. The summed E-state index contributed by atoms with van der Waals surface area (Å²) in [7, 11) is 0. The molecule has 1 aromatic rings. The third-order valence-electron chi connectivity index (χ3n) is 3.78. The van der Waals surface area contributed by atoms with Crippen LogP contribution in [0.4, 0.5) is 0 Å². The zero-order chi connectivity index (χ0) is 12.8. The first-order chi connectivity index (χ1) is 8.77. The fourth-order valence-electron chi connectivity index (χ4n) is 2.90. The van der Waals surface area contributed by atoms with Crippen molar-refractivity contribution >= 4 is 5.91 Å². The van der Waals surface area contributed by atoms with E-state index in [1.165, 1.54) is 37.7 Å². The highest BCUT2D eigenvalue weighted by atomic mass is 16.1. The molecule has 1 aromatic carbocycles. The number of amides is 1. The Hall–Kier alpha value is -1.35. The van der Waals surface area contributed by atoms with Gasteiger partial charge < -0.3 is 11.1 Å². The summed E-state index contributed by atoms with van der Waals surface area (Å²) in [5.74, 6) is 0.340. The van der Waals surface area contributed by atoms with Crippen molar-refractivity contribution in [1.29, 1.82) is 0 Å². The van der Waals surface area contributed by atoms with Gasteiger partial charge in [-0.05, 0) is 24.3 Å². The first-order valence-electron chi connectivity index (χ1n) is 6.84. The molecule has 3 N–H and O–H groups in total. The molecule has 0 radical (unpaired) electrons. The number of benzene rings is 1. The van der Waals surface area contributed by atoms with E-state index in [1.807, 2.05) is 6.07 Å². The quantitative estimate of drug-likeness (QED) is 0.838. The number of hydrogen-bond donors (Lipinski definition) is 2. The Labute approximate surface area is 109 Å². The van der Waals surface area contributed by atoms with Gasteiger partial charge in [0.2, 0.25) is 5.91 Å². The van der Waals surface area contributed by atoms with Crippen LogP contribution < -0.4 is 11.1 Å². The molecule has 2 rings (SSSR count). The Morgan fingerprint density at radius 1 is 1.22 bits per heavy atom. The normalized spacial score (nSPS) is 18.4. The highest BCUT2D eigenvalue weighted by Gasteiger charge is 2.24. The lowest BCUT2D eigenvalue weighted by Crippen LogP contribution is -2.36. The second-order valence-corrected chi connectivity index (χ2v) is 5.13. The number of nitrogens with one attached hydrogen (secondary N) is 1. The van der Waals surface area contributed by atoms with Gasteiger partial charge in [0, 0.05) is 6.04 Å². The number of rotatable bonds is 5. The summed E-state index contributed by atoms with van der Waals surface area (Å²) in [6.07, 6.45) is 6.42. The maximum atomic E-state index is 11.0. The van der Waals surface area contributed by atoms with Crippen LogP contribution in [0.1, 0.15) is 43.7 Å². The second kappa shape index (κ2) is 6.55. The SMILES string of the molecule is NC(=O)CNC(c1ccccc1)C1CCCCC1. The van der Waals surface area contributed by atoms with E-state index in [0.29, 0.717) is 5.92 Å². The highest BCUT2D eigenvalue weighted by molar-refractivity contribution is 5.75. The van der Waals surface area contributed by atoms with Crippen molar-refractivity contribution in [3.63, 3.8) is 0 Å². The summed E-state index contributed by atoms with van der Waals surface area (Å²) in [5, 5.41) is 3.33. The van der Waals surface area contributed by atoms with Crippen LogP contribution >= 0.6 is 0 Å². The molecule has 0 spiro atoms. The van der Waals surface area contributed by atoms with E-state index in [1.54, 1.807) is 0 Å². The Bertz CT molecular complexity index is 371. The molecule has 1 amide bonds. The van der Waals surface area contributed by atoms with Gasteiger partial charge in [-0.2, -0.15) is 0 Å². The maximum Gasteiger partial charge on any atom is 0.231 e. The average molecular weight is 246 g/mol. The third-order valence-corrected chi connectivity index (χ3v) is 3.78. The van der Waals surface area contributed by atoms with E-state index in [4.69, 9.17) is 5.73 Å². The van der Waals surface area contributed by atoms with Gasteiger partial charge in [0.05, 0.1) is 6.54 Å². The maximum absolute atomic E-state index is 11.0. The van der Waals surface area contributed by atoms with E-state index in [0.717, 1.165) is 0 Å². The molecule has 3 nitrogen and oxygen atoms in total. The number of primary amides is 1. The van der Waals surface area contributed by atoms with E-state index in [2.05, 4.69) is 29.6 Å². The number of carbonyl (C=O) groups is 1. The molecule has 0 heterocycles. The van der Waals surface area contributed by atoms with E-state index in [-0.39, 0.29) is 18.5 Å². The smallest absolute Gasteiger partial charge is 0.231 e. The van der Waals surface area contributed by atoms with Crippen molar-refractivity contribution < 1.29 is 4.79 Å². The predicted molar refractivity (Wildman–Crippen MR) is 73.0 cm³/mol. The number of carbonyl (C=O) groups excluding carboxylic acids is 1. The molecule has 0 aromatic heterocycles. The molecule has 1 fully saturated rings. The van der Waals surface area contributed by atoms with Crippen molar-refractivity contribution in [3.05, 3.63) is 35.9 Å². The van der Waals surface area contributed by atoms with E-state index < -0.39 is 0 Å². The fourth-order valence-corrected chi connectivity index (χ4v) is 2.90. The Balaban J connectivity index is 2.08. The van der Waals surface area contributed by atoms with Crippen LogP contribution in [0.15, 0.2) is 30.3 Å². The van der Waals surface area contributed by atoms with Crippen molar-refractivity contribution in [3.8, 4) is 0 Å². The van der Waals surface area contributed by atoms with Crippen LogP contribution in [0.2, 0.25) is 0 Å². The minimum absolute atomic E-state index is 0.260. The fraction of sp³-hybridized carbons (Fsp3) is 0.533. The van der Waals surface area contributed by atoms with Crippen molar-refractivity contribution in [1.82, 2.24) is 5.32 Å². The molecule has 1 atom stereocenters. The molecule has 1 aliphatic carbocycles. The molecule has 18 heavy (non-hydrogen) atoms. The minimum atomic E-state index is -0.285. The molecule has 3 heteroatoms.